The van der Waals surface area contributed by atoms with Gasteiger partial charge >= 0.3 is 6.09 Å². The molecule has 7 heteroatoms. The molecule has 1 rings (SSSR count). The molecule has 1 heterocycles. The summed E-state index contributed by atoms with van der Waals surface area (Å²) in [6.45, 7) is 5.60. The number of nitrogens with one attached hydrogen (secondary N) is 2. The molecule has 0 unspecified atom stereocenters. The van der Waals surface area contributed by atoms with Crippen LogP contribution < -0.4 is 10.6 Å². The fraction of sp³-hybridized carbons (Fsp3) is 0.636. The number of ether oxygens (including phenoxy) is 1. The van der Waals surface area contributed by atoms with Gasteiger partial charge in [-0.15, -0.1) is 23.5 Å². The van der Waals surface area contributed by atoms with Crippen molar-refractivity contribution in [2.24, 2.45) is 0 Å². The normalized spacial score (nSPS) is 15.8. The van der Waals surface area contributed by atoms with Crippen molar-refractivity contribution >= 4 is 35.5 Å². The first-order chi connectivity index (χ1) is 8.59. The van der Waals surface area contributed by atoms with Gasteiger partial charge in [0.15, 0.2) is 0 Å². The molecule has 2 amide bonds. The molecule has 0 atom stereocenters. The van der Waals surface area contributed by atoms with Crippen LogP contribution in [0.5, 0.6) is 0 Å². The molecule has 0 aromatic heterocycles. The predicted molar refractivity (Wildman–Crippen MR) is 75.9 cm³/mol. The molecule has 0 aromatic rings. The van der Waals surface area contributed by atoms with Gasteiger partial charge in [-0.3, -0.25) is 4.79 Å². The molecular formula is C11H18N2O3S2. The van der Waals surface area contributed by atoms with Crippen LogP contribution >= 0.6 is 23.5 Å². The zero-order valence-electron chi connectivity index (χ0n) is 10.4. The zero-order chi connectivity index (χ0) is 13.4. The summed E-state index contributed by atoms with van der Waals surface area (Å²) in [5.41, 5.74) is 0.440. The second kappa shape index (κ2) is 8.31. The first-order valence-electron chi connectivity index (χ1n) is 5.62. The number of alkyl carbamates (subject to hydrolysis) is 1. The van der Waals surface area contributed by atoms with Crippen molar-refractivity contribution in [1.82, 2.24) is 10.6 Å². The maximum Gasteiger partial charge on any atom is 0.407 e. The van der Waals surface area contributed by atoms with Gasteiger partial charge in [0.1, 0.15) is 6.61 Å². The molecule has 0 aromatic carbocycles. The zero-order valence-corrected chi connectivity index (χ0v) is 12.0. The second-order valence-electron chi connectivity index (χ2n) is 3.87. The van der Waals surface area contributed by atoms with Crippen molar-refractivity contribution in [2.75, 3.05) is 29.7 Å². The Morgan fingerprint density at radius 3 is 2.67 bits per heavy atom. The predicted octanol–water partition coefficient (Wildman–Crippen LogP) is 1.21. The van der Waals surface area contributed by atoms with E-state index in [-0.39, 0.29) is 18.6 Å². The summed E-state index contributed by atoms with van der Waals surface area (Å²) in [6, 6.07) is 0.172. The lowest BCUT2D eigenvalue weighted by molar-refractivity contribution is -0.117. The van der Waals surface area contributed by atoms with E-state index < -0.39 is 6.09 Å². The lowest BCUT2D eigenvalue weighted by atomic mass is 10.3. The van der Waals surface area contributed by atoms with Gasteiger partial charge in [0.2, 0.25) is 5.91 Å². The van der Waals surface area contributed by atoms with Gasteiger partial charge in [-0.2, -0.15) is 0 Å². The number of amides is 2. The highest BCUT2D eigenvalue weighted by atomic mass is 32.2. The van der Waals surface area contributed by atoms with E-state index in [0.717, 1.165) is 16.6 Å². The van der Waals surface area contributed by atoms with E-state index >= 15 is 0 Å². The highest BCUT2D eigenvalue weighted by molar-refractivity contribution is 8.16. The summed E-state index contributed by atoms with van der Waals surface area (Å²) in [4.78, 5) is 22.5. The Kier molecular flexibility index (Phi) is 7.04. The topological polar surface area (TPSA) is 67.4 Å². The van der Waals surface area contributed by atoms with Gasteiger partial charge in [-0.25, -0.2) is 4.79 Å². The van der Waals surface area contributed by atoms with Crippen molar-refractivity contribution in [1.29, 1.82) is 0 Å². The minimum atomic E-state index is -0.423. The fourth-order valence-electron chi connectivity index (χ4n) is 1.24. The van der Waals surface area contributed by atoms with E-state index in [9.17, 15) is 9.59 Å². The molecule has 18 heavy (non-hydrogen) atoms. The van der Waals surface area contributed by atoms with Crippen LogP contribution in [-0.4, -0.2) is 47.8 Å². The van der Waals surface area contributed by atoms with E-state index in [2.05, 4.69) is 17.2 Å². The first-order valence-corrected chi connectivity index (χ1v) is 7.93. The summed E-state index contributed by atoms with van der Waals surface area (Å²) in [5.74, 6) is 1.63. The van der Waals surface area contributed by atoms with Gasteiger partial charge in [-0.1, -0.05) is 6.58 Å². The molecule has 1 aliphatic rings. The molecule has 1 aliphatic heterocycles. The average molecular weight is 290 g/mol. The van der Waals surface area contributed by atoms with Crippen LogP contribution in [0.3, 0.4) is 0 Å². The fourth-order valence-corrected chi connectivity index (χ4v) is 3.60. The van der Waals surface area contributed by atoms with Crippen molar-refractivity contribution < 1.29 is 14.3 Å². The van der Waals surface area contributed by atoms with Crippen LogP contribution in [0.25, 0.3) is 0 Å². The Morgan fingerprint density at radius 1 is 1.39 bits per heavy atom. The Hall–Kier alpha value is -0.820. The standard InChI is InChI=1S/C11H18N2O3S2/c1-8(2)10(14)12-3-4-16-11(15)13-9-5-17-7-18-6-9/h9H,1,3-7H2,2H3,(H,12,14)(H,13,15). The summed E-state index contributed by atoms with van der Waals surface area (Å²) in [6.07, 6.45) is -0.423. The van der Waals surface area contributed by atoms with Crippen molar-refractivity contribution in [3.05, 3.63) is 12.2 Å². The summed E-state index contributed by atoms with van der Waals surface area (Å²) < 4.78 is 4.96. The Balaban J connectivity index is 2.06. The molecule has 0 saturated carbocycles. The molecule has 1 saturated heterocycles. The number of carbonyl (C=O) groups is 2. The minimum Gasteiger partial charge on any atom is -0.448 e. The third-order valence-electron chi connectivity index (χ3n) is 2.14. The van der Waals surface area contributed by atoms with Crippen LogP contribution in [0.2, 0.25) is 0 Å². The van der Waals surface area contributed by atoms with Gasteiger partial charge < -0.3 is 15.4 Å². The molecule has 1 fully saturated rings. The maximum atomic E-state index is 11.4. The van der Waals surface area contributed by atoms with Gasteiger partial charge in [0, 0.05) is 22.2 Å². The molecule has 0 bridgehead atoms. The van der Waals surface area contributed by atoms with Crippen LogP contribution in [0.4, 0.5) is 4.79 Å². The number of hydrogen-bond donors (Lipinski definition) is 2. The minimum absolute atomic E-state index is 0.165. The van der Waals surface area contributed by atoms with Gasteiger partial charge in [0.05, 0.1) is 12.6 Å². The smallest absolute Gasteiger partial charge is 0.407 e. The molecule has 0 spiro atoms. The Morgan fingerprint density at radius 2 is 2.06 bits per heavy atom. The van der Waals surface area contributed by atoms with E-state index in [1.54, 1.807) is 30.4 Å². The maximum absolute atomic E-state index is 11.4. The highest BCUT2D eigenvalue weighted by Crippen LogP contribution is 2.21. The third-order valence-corrected chi connectivity index (χ3v) is 4.74. The number of thioether (sulfide) groups is 2. The lowest BCUT2D eigenvalue weighted by Gasteiger charge is -2.21. The SMILES string of the molecule is C=C(C)C(=O)NCCOC(=O)NC1CSCSC1. The summed E-state index contributed by atoms with van der Waals surface area (Å²) in [5, 5.41) is 6.47. The van der Waals surface area contributed by atoms with Crippen molar-refractivity contribution in [2.45, 2.75) is 13.0 Å². The largest absolute Gasteiger partial charge is 0.448 e. The van der Waals surface area contributed by atoms with Crippen LogP contribution in [0.15, 0.2) is 12.2 Å². The number of carbonyl (C=O) groups excluding carboxylic acids is 2. The summed E-state index contributed by atoms with van der Waals surface area (Å²) >= 11 is 3.61. The molecule has 0 aliphatic carbocycles. The summed E-state index contributed by atoms with van der Waals surface area (Å²) in [7, 11) is 0. The molecule has 5 nitrogen and oxygen atoms in total. The Labute approximate surface area is 115 Å². The quantitative estimate of drug-likeness (QED) is 0.588. The van der Waals surface area contributed by atoms with Crippen LogP contribution in [0, 0.1) is 0 Å². The number of hydrogen-bond acceptors (Lipinski definition) is 5. The molecular weight excluding hydrogens is 272 g/mol. The monoisotopic (exact) mass is 290 g/mol. The third kappa shape index (κ3) is 6.20. The Bertz CT molecular complexity index is 317. The van der Waals surface area contributed by atoms with Crippen molar-refractivity contribution in [3.63, 3.8) is 0 Å². The van der Waals surface area contributed by atoms with Gasteiger partial charge in [-0.05, 0) is 6.92 Å². The lowest BCUT2D eigenvalue weighted by Crippen LogP contribution is -2.41. The average Bonchev–Trinajstić information content (AvgIpc) is 2.35. The first kappa shape index (κ1) is 15.2. The van der Waals surface area contributed by atoms with E-state index in [1.807, 2.05) is 0 Å². The highest BCUT2D eigenvalue weighted by Gasteiger charge is 2.16. The van der Waals surface area contributed by atoms with E-state index in [0.29, 0.717) is 12.1 Å². The molecule has 0 radical (unpaired) electrons. The van der Waals surface area contributed by atoms with Crippen LogP contribution in [0.1, 0.15) is 6.92 Å². The van der Waals surface area contributed by atoms with Crippen molar-refractivity contribution in [3.8, 4) is 0 Å². The van der Waals surface area contributed by atoms with Gasteiger partial charge in [0.25, 0.3) is 0 Å². The second-order valence-corrected chi connectivity index (χ2v) is 6.30. The molecule has 2 N–H and O–H groups in total. The van der Waals surface area contributed by atoms with E-state index in [1.165, 1.54) is 0 Å². The number of rotatable bonds is 5. The van der Waals surface area contributed by atoms with Crippen LogP contribution in [-0.2, 0) is 9.53 Å². The van der Waals surface area contributed by atoms with E-state index in [4.69, 9.17) is 4.74 Å². The molecule has 102 valence electrons.